The Kier molecular flexibility index (Phi) is 4.81. The Balaban J connectivity index is 1.83. The maximum absolute atomic E-state index is 11.8. The number of ether oxygens (including phenoxy) is 2. The second-order valence-corrected chi connectivity index (χ2v) is 7.76. The second kappa shape index (κ2) is 6.68. The zero-order valence-electron chi connectivity index (χ0n) is 13.4. The van der Waals surface area contributed by atoms with Gasteiger partial charge in [-0.3, -0.25) is 0 Å². The third kappa shape index (κ3) is 3.97. The van der Waals surface area contributed by atoms with E-state index in [2.05, 4.69) is 14.9 Å². The van der Waals surface area contributed by atoms with E-state index in [-0.39, 0.29) is 12.6 Å². The number of aryl methyl sites for hydroxylation is 1. The molecule has 0 unspecified atom stereocenters. The molecule has 128 valence electrons. The number of rotatable bonds is 3. The summed E-state index contributed by atoms with van der Waals surface area (Å²) in [6.07, 6.45) is 0.861. The molecule has 0 amide bonds. The van der Waals surface area contributed by atoms with Crippen LogP contribution in [0.15, 0.2) is 6.07 Å². The first-order valence-electron chi connectivity index (χ1n) is 7.68. The number of anilines is 1. The minimum Gasteiger partial charge on any atom is -0.378 e. The van der Waals surface area contributed by atoms with Crippen molar-refractivity contribution in [3.63, 3.8) is 0 Å². The molecule has 2 saturated heterocycles. The van der Waals surface area contributed by atoms with Crippen LogP contribution in [0, 0.1) is 6.92 Å². The van der Waals surface area contributed by atoms with Gasteiger partial charge in [-0.1, -0.05) is 0 Å². The Labute approximate surface area is 136 Å². The van der Waals surface area contributed by atoms with Crippen molar-refractivity contribution in [2.45, 2.75) is 13.0 Å². The van der Waals surface area contributed by atoms with E-state index < -0.39 is 10.0 Å². The molecule has 2 aliphatic heterocycles. The van der Waals surface area contributed by atoms with Gasteiger partial charge in [0.25, 0.3) is 0 Å². The molecule has 0 aromatic carbocycles. The van der Waals surface area contributed by atoms with E-state index in [9.17, 15) is 8.42 Å². The molecule has 3 rings (SSSR count). The molecule has 2 aliphatic rings. The molecular weight excluding hydrogens is 320 g/mol. The van der Waals surface area contributed by atoms with E-state index in [0.29, 0.717) is 32.2 Å². The fourth-order valence-corrected chi connectivity index (χ4v) is 3.61. The number of hydrogen-bond donors (Lipinski definition) is 0. The summed E-state index contributed by atoms with van der Waals surface area (Å²) >= 11 is 0. The lowest BCUT2D eigenvalue weighted by atomic mass is 10.2. The van der Waals surface area contributed by atoms with Crippen LogP contribution in [0.5, 0.6) is 0 Å². The van der Waals surface area contributed by atoms with Crippen LogP contribution in [-0.4, -0.2) is 74.9 Å². The molecule has 0 aliphatic carbocycles. The first-order valence-corrected chi connectivity index (χ1v) is 9.53. The Bertz CT molecular complexity index is 661. The summed E-state index contributed by atoms with van der Waals surface area (Å²) in [5.41, 5.74) is 0.729. The normalized spacial score (nSPS) is 23.9. The fraction of sp³-hybridized carbons (Fsp3) is 0.714. The third-order valence-corrected chi connectivity index (χ3v) is 5.28. The quantitative estimate of drug-likeness (QED) is 0.761. The largest absolute Gasteiger partial charge is 0.378 e. The summed E-state index contributed by atoms with van der Waals surface area (Å²) < 4.78 is 36.1. The topological polar surface area (TPSA) is 84.9 Å². The minimum atomic E-state index is -3.22. The van der Waals surface area contributed by atoms with Gasteiger partial charge in [0.1, 0.15) is 17.7 Å². The molecule has 0 N–H and O–H groups in total. The molecule has 8 nitrogen and oxygen atoms in total. The molecule has 0 radical (unpaired) electrons. The summed E-state index contributed by atoms with van der Waals surface area (Å²) in [6, 6.07) is 1.90. The number of hydrogen-bond acceptors (Lipinski definition) is 7. The van der Waals surface area contributed by atoms with Crippen LogP contribution in [0.2, 0.25) is 0 Å². The molecule has 23 heavy (non-hydrogen) atoms. The molecule has 1 aromatic heterocycles. The predicted molar refractivity (Wildman–Crippen MR) is 84.9 cm³/mol. The SMILES string of the molecule is Cc1nc([C@H]2CN(S(C)(=O)=O)CCO2)cc(N2CCOCC2)n1. The van der Waals surface area contributed by atoms with Gasteiger partial charge < -0.3 is 14.4 Å². The van der Waals surface area contributed by atoms with Crippen molar-refractivity contribution in [2.24, 2.45) is 0 Å². The van der Waals surface area contributed by atoms with E-state index in [1.54, 1.807) is 0 Å². The Morgan fingerprint density at radius 1 is 1.17 bits per heavy atom. The maximum atomic E-state index is 11.8. The number of nitrogens with zero attached hydrogens (tertiary/aromatic N) is 4. The van der Waals surface area contributed by atoms with Gasteiger partial charge in [0.05, 0.1) is 31.8 Å². The van der Waals surface area contributed by atoms with E-state index in [4.69, 9.17) is 9.47 Å². The Morgan fingerprint density at radius 3 is 2.61 bits per heavy atom. The van der Waals surface area contributed by atoms with Crippen LogP contribution in [-0.2, 0) is 19.5 Å². The zero-order valence-corrected chi connectivity index (χ0v) is 14.3. The van der Waals surface area contributed by atoms with Crippen molar-refractivity contribution in [3.8, 4) is 0 Å². The Hall–Kier alpha value is -1.29. The predicted octanol–water partition coefficient (Wildman–Crippen LogP) is -0.0455. The number of aromatic nitrogens is 2. The van der Waals surface area contributed by atoms with E-state index in [1.165, 1.54) is 10.6 Å². The van der Waals surface area contributed by atoms with Gasteiger partial charge in [0, 0.05) is 32.2 Å². The molecule has 9 heteroatoms. The summed E-state index contributed by atoms with van der Waals surface area (Å²) in [6.45, 7) is 5.82. The monoisotopic (exact) mass is 342 g/mol. The van der Waals surface area contributed by atoms with Crippen molar-refractivity contribution in [2.75, 3.05) is 57.2 Å². The van der Waals surface area contributed by atoms with Crippen LogP contribution < -0.4 is 4.90 Å². The lowest BCUT2D eigenvalue weighted by Gasteiger charge is -2.32. The summed E-state index contributed by atoms with van der Waals surface area (Å²) in [7, 11) is -3.22. The molecule has 1 atom stereocenters. The molecule has 0 saturated carbocycles. The molecule has 1 aromatic rings. The van der Waals surface area contributed by atoms with Gasteiger partial charge in [-0.15, -0.1) is 0 Å². The van der Waals surface area contributed by atoms with Gasteiger partial charge in [0.2, 0.25) is 10.0 Å². The summed E-state index contributed by atoms with van der Waals surface area (Å²) in [4.78, 5) is 11.1. The highest BCUT2D eigenvalue weighted by atomic mass is 32.2. The summed E-state index contributed by atoms with van der Waals surface area (Å²) in [5, 5.41) is 0. The van der Waals surface area contributed by atoms with Gasteiger partial charge in [-0.2, -0.15) is 4.31 Å². The van der Waals surface area contributed by atoms with Crippen LogP contribution >= 0.6 is 0 Å². The Morgan fingerprint density at radius 2 is 1.91 bits per heavy atom. The van der Waals surface area contributed by atoms with Crippen molar-refractivity contribution < 1.29 is 17.9 Å². The first kappa shape index (κ1) is 16.6. The van der Waals surface area contributed by atoms with Crippen LogP contribution in [0.25, 0.3) is 0 Å². The third-order valence-electron chi connectivity index (χ3n) is 4.01. The molecular formula is C14H22N4O4S. The smallest absolute Gasteiger partial charge is 0.211 e. The van der Waals surface area contributed by atoms with E-state index >= 15 is 0 Å². The number of sulfonamides is 1. The van der Waals surface area contributed by atoms with E-state index in [1.807, 2.05) is 13.0 Å². The lowest BCUT2D eigenvalue weighted by Crippen LogP contribution is -2.42. The fourth-order valence-electron chi connectivity index (χ4n) is 2.80. The number of morpholine rings is 2. The minimum absolute atomic E-state index is 0.290. The highest BCUT2D eigenvalue weighted by molar-refractivity contribution is 7.88. The van der Waals surface area contributed by atoms with Gasteiger partial charge in [-0.05, 0) is 6.92 Å². The average Bonchev–Trinajstić information content (AvgIpc) is 2.54. The first-order chi connectivity index (χ1) is 10.9. The van der Waals surface area contributed by atoms with Crippen LogP contribution in [0.3, 0.4) is 0 Å². The highest BCUT2D eigenvalue weighted by Gasteiger charge is 2.29. The maximum Gasteiger partial charge on any atom is 0.211 e. The molecule has 0 bridgehead atoms. The second-order valence-electron chi connectivity index (χ2n) is 5.78. The molecule has 3 heterocycles. The van der Waals surface area contributed by atoms with Crippen molar-refractivity contribution in [1.29, 1.82) is 0 Å². The molecule has 0 spiro atoms. The zero-order chi connectivity index (χ0) is 16.4. The van der Waals surface area contributed by atoms with Crippen molar-refractivity contribution in [1.82, 2.24) is 14.3 Å². The van der Waals surface area contributed by atoms with Crippen molar-refractivity contribution in [3.05, 3.63) is 17.6 Å². The van der Waals surface area contributed by atoms with Gasteiger partial charge in [-0.25, -0.2) is 18.4 Å². The highest BCUT2D eigenvalue weighted by Crippen LogP contribution is 2.25. The van der Waals surface area contributed by atoms with Crippen molar-refractivity contribution >= 4 is 15.8 Å². The molecule has 2 fully saturated rings. The van der Waals surface area contributed by atoms with Crippen LogP contribution in [0.1, 0.15) is 17.6 Å². The lowest BCUT2D eigenvalue weighted by molar-refractivity contribution is -0.00487. The average molecular weight is 342 g/mol. The van der Waals surface area contributed by atoms with Gasteiger partial charge >= 0.3 is 0 Å². The van der Waals surface area contributed by atoms with Gasteiger partial charge in [0.15, 0.2) is 0 Å². The summed E-state index contributed by atoms with van der Waals surface area (Å²) in [5.74, 6) is 1.50. The standard InChI is InChI=1S/C14H22N4O4S/c1-11-15-12(9-14(16-11)17-3-6-21-7-4-17)13-10-18(5-8-22-13)23(2,19)20/h9,13H,3-8,10H2,1-2H3/t13-/m1/s1. The van der Waals surface area contributed by atoms with Crippen LogP contribution in [0.4, 0.5) is 5.82 Å². The van der Waals surface area contributed by atoms with E-state index in [0.717, 1.165) is 24.6 Å².